The number of methoxy groups -OCH3 is 1. The van der Waals surface area contributed by atoms with Gasteiger partial charge in [0.25, 0.3) is 0 Å². The van der Waals surface area contributed by atoms with Crippen molar-refractivity contribution in [3.8, 4) is 5.75 Å². The van der Waals surface area contributed by atoms with Gasteiger partial charge in [0.2, 0.25) is 0 Å². The van der Waals surface area contributed by atoms with E-state index < -0.39 is 0 Å². The van der Waals surface area contributed by atoms with Crippen molar-refractivity contribution < 1.29 is 19.0 Å². The number of urea groups is 1. The SMILES string of the molecule is COCC[C@@H]1CN(C(=O)Nc2cccc(OCc3ccccc3)c2)CCO1. The van der Waals surface area contributed by atoms with Crippen molar-refractivity contribution in [2.75, 3.05) is 38.7 Å². The van der Waals surface area contributed by atoms with E-state index in [1.807, 2.05) is 54.6 Å². The quantitative estimate of drug-likeness (QED) is 0.810. The van der Waals surface area contributed by atoms with Crippen LogP contribution in [0.25, 0.3) is 0 Å². The van der Waals surface area contributed by atoms with Crippen molar-refractivity contribution in [3.05, 3.63) is 60.2 Å². The predicted molar refractivity (Wildman–Crippen MR) is 104 cm³/mol. The van der Waals surface area contributed by atoms with Crippen LogP contribution >= 0.6 is 0 Å². The molecule has 2 amide bonds. The van der Waals surface area contributed by atoms with Gasteiger partial charge in [0, 0.05) is 38.6 Å². The van der Waals surface area contributed by atoms with Crippen LogP contribution in [0.15, 0.2) is 54.6 Å². The Kier molecular flexibility index (Phi) is 7.07. The highest BCUT2D eigenvalue weighted by atomic mass is 16.5. The number of anilines is 1. The van der Waals surface area contributed by atoms with Gasteiger partial charge >= 0.3 is 6.03 Å². The normalized spacial score (nSPS) is 16.8. The molecular weight excluding hydrogens is 344 g/mol. The molecule has 2 aromatic carbocycles. The fourth-order valence-corrected chi connectivity index (χ4v) is 2.93. The van der Waals surface area contributed by atoms with Gasteiger partial charge in [-0.25, -0.2) is 4.79 Å². The van der Waals surface area contributed by atoms with Crippen molar-refractivity contribution in [1.82, 2.24) is 4.90 Å². The number of rotatable bonds is 7. The summed E-state index contributed by atoms with van der Waals surface area (Å²) in [6.07, 6.45) is 0.799. The number of benzene rings is 2. The predicted octanol–water partition coefficient (Wildman–Crippen LogP) is 3.53. The smallest absolute Gasteiger partial charge is 0.322 e. The van der Waals surface area contributed by atoms with E-state index in [4.69, 9.17) is 14.2 Å². The summed E-state index contributed by atoms with van der Waals surface area (Å²) in [5.74, 6) is 0.719. The number of carbonyl (C=O) groups excluding carboxylic acids is 1. The molecule has 1 aliphatic heterocycles. The van der Waals surface area contributed by atoms with E-state index in [1.165, 1.54) is 0 Å². The first kappa shape index (κ1) is 19.2. The highest BCUT2D eigenvalue weighted by Crippen LogP contribution is 2.19. The molecule has 1 fully saturated rings. The second-order valence-corrected chi connectivity index (χ2v) is 6.45. The number of ether oxygens (including phenoxy) is 3. The third-order valence-electron chi connectivity index (χ3n) is 4.40. The Hall–Kier alpha value is -2.57. The van der Waals surface area contributed by atoms with Crippen molar-refractivity contribution >= 4 is 11.7 Å². The third kappa shape index (κ3) is 5.98. The lowest BCUT2D eigenvalue weighted by molar-refractivity contribution is -0.0260. The lowest BCUT2D eigenvalue weighted by Gasteiger charge is -2.32. The molecule has 1 saturated heterocycles. The lowest BCUT2D eigenvalue weighted by atomic mass is 10.2. The van der Waals surface area contributed by atoms with E-state index in [0.717, 1.165) is 17.7 Å². The molecule has 1 N–H and O–H groups in total. The Bertz CT molecular complexity index is 723. The largest absolute Gasteiger partial charge is 0.489 e. The molecule has 144 valence electrons. The van der Waals surface area contributed by atoms with Crippen LogP contribution in [0.1, 0.15) is 12.0 Å². The first-order chi connectivity index (χ1) is 13.2. The van der Waals surface area contributed by atoms with Crippen LogP contribution in [0.3, 0.4) is 0 Å². The second-order valence-electron chi connectivity index (χ2n) is 6.45. The monoisotopic (exact) mass is 370 g/mol. The maximum Gasteiger partial charge on any atom is 0.322 e. The van der Waals surface area contributed by atoms with Gasteiger partial charge in [-0.3, -0.25) is 0 Å². The highest BCUT2D eigenvalue weighted by Gasteiger charge is 2.24. The molecule has 6 heteroatoms. The van der Waals surface area contributed by atoms with Crippen LogP contribution in [-0.2, 0) is 16.1 Å². The van der Waals surface area contributed by atoms with E-state index in [-0.39, 0.29) is 12.1 Å². The molecule has 0 spiro atoms. The first-order valence-corrected chi connectivity index (χ1v) is 9.18. The molecule has 1 heterocycles. The molecule has 3 rings (SSSR count). The van der Waals surface area contributed by atoms with E-state index in [2.05, 4.69) is 5.32 Å². The van der Waals surface area contributed by atoms with Crippen LogP contribution in [0, 0.1) is 0 Å². The molecule has 1 atom stereocenters. The fourth-order valence-electron chi connectivity index (χ4n) is 2.93. The van der Waals surface area contributed by atoms with E-state index >= 15 is 0 Å². The fraction of sp³-hybridized carbons (Fsp3) is 0.381. The number of morpholine rings is 1. The molecule has 0 aromatic heterocycles. The number of carbonyl (C=O) groups is 1. The zero-order valence-electron chi connectivity index (χ0n) is 15.6. The maximum absolute atomic E-state index is 12.6. The van der Waals surface area contributed by atoms with Gasteiger partial charge in [-0.1, -0.05) is 36.4 Å². The minimum absolute atomic E-state index is 0.0185. The molecule has 0 aliphatic carbocycles. The Morgan fingerprint density at radius 3 is 2.89 bits per heavy atom. The summed E-state index contributed by atoms with van der Waals surface area (Å²) in [6.45, 7) is 2.81. The third-order valence-corrected chi connectivity index (χ3v) is 4.40. The van der Waals surface area contributed by atoms with Crippen molar-refractivity contribution in [2.24, 2.45) is 0 Å². The Balaban J connectivity index is 1.53. The van der Waals surface area contributed by atoms with Crippen molar-refractivity contribution in [3.63, 3.8) is 0 Å². The molecule has 0 bridgehead atoms. The lowest BCUT2D eigenvalue weighted by Crippen LogP contribution is -2.47. The van der Waals surface area contributed by atoms with Gasteiger partial charge in [0.15, 0.2) is 0 Å². The number of amides is 2. The summed E-state index contributed by atoms with van der Waals surface area (Å²) in [4.78, 5) is 14.3. The minimum atomic E-state index is -0.124. The topological polar surface area (TPSA) is 60.0 Å². The van der Waals surface area contributed by atoms with Gasteiger partial charge < -0.3 is 24.4 Å². The molecule has 0 radical (unpaired) electrons. The number of hydrogen-bond donors (Lipinski definition) is 1. The number of nitrogens with zero attached hydrogens (tertiary/aromatic N) is 1. The van der Waals surface area contributed by atoms with Crippen LogP contribution in [0.2, 0.25) is 0 Å². The molecule has 2 aromatic rings. The summed E-state index contributed by atoms with van der Waals surface area (Å²) in [5.41, 5.74) is 1.81. The maximum atomic E-state index is 12.6. The zero-order valence-corrected chi connectivity index (χ0v) is 15.6. The minimum Gasteiger partial charge on any atom is -0.489 e. The van der Waals surface area contributed by atoms with Crippen molar-refractivity contribution in [2.45, 2.75) is 19.1 Å². The number of hydrogen-bond acceptors (Lipinski definition) is 4. The van der Waals surface area contributed by atoms with Crippen LogP contribution in [-0.4, -0.2) is 50.4 Å². The zero-order chi connectivity index (χ0) is 18.9. The second kappa shape index (κ2) is 9.94. The Labute approximate surface area is 160 Å². The van der Waals surface area contributed by atoms with Crippen LogP contribution in [0.4, 0.5) is 10.5 Å². The molecule has 1 aliphatic rings. The van der Waals surface area contributed by atoms with Crippen LogP contribution < -0.4 is 10.1 Å². The van der Waals surface area contributed by atoms with Gasteiger partial charge in [-0.05, 0) is 24.1 Å². The average Bonchev–Trinajstić information content (AvgIpc) is 2.72. The summed E-state index contributed by atoms with van der Waals surface area (Å²) < 4.78 is 16.6. The molecule has 0 saturated carbocycles. The first-order valence-electron chi connectivity index (χ1n) is 9.18. The van der Waals surface area contributed by atoms with Crippen LogP contribution in [0.5, 0.6) is 5.75 Å². The molecule has 6 nitrogen and oxygen atoms in total. The molecular formula is C21H26N2O4. The van der Waals surface area contributed by atoms with E-state index in [0.29, 0.717) is 38.6 Å². The van der Waals surface area contributed by atoms with E-state index in [1.54, 1.807) is 12.0 Å². The van der Waals surface area contributed by atoms with Crippen molar-refractivity contribution in [1.29, 1.82) is 0 Å². The summed E-state index contributed by atoms with van der Waals surface area (Å²) in [6, 6.07) is 17.3. The van der Waals surface area contributed by atoms with Gasteiger partial charge in [-0.2, -0.15) is 0 Å². The Morgan fingerprint density at radius 1 is 1.22 bits per heavy atom. The van der Waals surface area contributed by atoms with Gasteiger partial charge in [-0.15, -0.1) is 0 Å². The van der Waals surface area contributed by atoms with Gasteiger partial charge in [0.05, 0.1) is 12.7 Å². The van der Waals surface area contributed by atoms with Gasteiger partial charge in [0.1, 0.15) is 12.4 Å². The average molecular weight is 370 g/mol. The number of nitrogens with one attached hydrogen (secondary N) is 1. The summed E-state index contributed by atoms with van der Waals surface area (Å²) in [5, 5.41) is 2.95. The standard InChI is InChI=1S/C21H26N2O4/c1-25-12-10-20-15-23(11-13-26-20)21(24)22-18-8-5-9-19(14-18)27-16-17-6-3-2-4-7-17/h2-9,14,20H,10-13,15-16H2,1H3,(H,22,24)/t20-/m1/s1. The molecule has 0 unspecified atom stereocenters. The molecule has 27 heavy (non-hydrogen) atoms. The Morgan fingerprint density at radius 2 is 2.07 bits per heavy atom. The summed E-state index contributed by atoms with van der Waals surface area (Å²) in [7, 11) is 1.67. The highest BCUT2D eigenvalue weighted by molar-refractivity contribution is 5.89. The summed E-state index contributed by atoms with van der Waals surface area (Å²) >= 11 is 0. The van der Waals surface area contributed by atoms with E-state index in [9.17, 15) is 4.79 Å².